The van der Waals surface area contributed by atoms with Crippen molar-refractivity contribution in [2.45, 2.75) is 65.8 Å². The van der Waals surface area contributed by atoms with Gasteiger partial charge in [0.25, 0.3) is 5.97 Å². The second-order valence-electron chi connectivity index (χ2n) is 4.92. The van der Waals surface area contributed by atoms with Crippen LogP contribution in [0.3, 0.4) is 0 Å². The van der Waals surface area contributed by atoms with Gasteiger partial charge in [-0.25, -0.2) is 0 Å². The number of ether oxygens (including phenoxy) is 3. The number of thiol groups is 1. The Kier molecular flexibility index (Phi) is 12.2. The molecular weight excluding hydrogens is 260 g/mol. The van der Waals surface area contributed by atoms with Gasteiger partial charge in [-0.3, -0.25) is 0 Å². The maximum Gasteiger partial charge on any atom is 0.285 e. The smallest absolute Gasteiger partial charge is 0.285 e. The van der Waals surface area contributed by atoms with Gasteiger partial charge in [0.05, 0.1) is 19.8 Å². The maximum atomic E-state index is 5.97. The Morgan fingerprint density at radius 2 is 1.32 bits per heavy atom. The molecule has 1 atom stereocenters. The molecule has 4 heteroatoms. The molecule has 0 aliphatic rings. The average molecular weight is 292 g/mol. The Hall–Kier alpha value is 0.230. The predicted molar refractivity (Wildman–Crippen MR) is 83.7 cm³/mol. The van der Waals surface area contributed by atoms with Crippen LogP contribution >= 0.6 is 12.6 Å². The molecular formula is C15H32O3S. The third kappa shape index (κ3) is 7.54. The minimum atomic E-state index is -0.870. The van der Waals surface area contributed by atoms with Crippen LogP contribution in [0.25, 0.3) is 0 Å². The van der Waals surface area contributed by atoms with Crippen molar-refractivity contribution >= 4 is 12.6 Å². The van der Waals surface area contributed by atoms with Gasteiger partial charge in [-0.05, 0) is 37.9 Å². The fourth-order valence-corrected chi connectivity index (χ4v) is 2.04. The van der Waals surface area contributed by atoms with Crippen LogP contribution in [-0.2, 0) is 14.2 Å². The lowest BCUT2D eigenvalue weighted by Gasteiger charge is -2.38. The summed E-state index contributed by atoms with van der Waals surface area (Å²) in [4.78, 5) is 0. The van der Waals surface area contributed by atoms with E-state index in [2.05, 4.69) is 40.3 Å². The molecule has 0 bridgehead atoms. The zero-order chi connectivity index (χ0) is 14.6. The van der Waals surface area contributed by atoms with Gasteiger partial charge < -0.3 is 14.2 Å². The van der Waals surface area contributed by atoms with Gasteiger partial charge in [-0.15, -0.1) is 0 Å². The topological polar surface area (TPSA) is 27.7 Å². The molecule has 0 aromatic heterocycles. The molecule has 0 spiro atoms. The highest BCUT2D eigenvalue weighted by Crippen LogP contribution is 2.30. The second kappa shape index (κ2) is 12.0. The van der Waals surface area contributed by atoms with Gasteiger partial charge >= 0.3 is 0 Å². The van der Waals surface area contributed by atoms with E-state index in [4.69, 9.17) is 14.2 Å². The fourth-order valence-electron chi connectivity index (χ4n) is 1.86. The first-order valence-electron chi connectivity index (χ1n) is 7.69. The highest BCUT2D eigenvalue weighted by Gasteiger charge is 2.39. The van der Waals surface area contributed by atoms with Crippen LogP contribution in [0.15, 0.2) is 0 Å². The van der Waals surface area contributed by atoms with Crippen LogP contribution < -0.4 is 0 Å². The Morgan fingerprint density at radius 1 is 0.895 bits per heavy atom. The van der Waals surface area contributed by atoms with E-state index in [-0.39, 0.29) is 5.92 Å². The molecule has 0 aliphatic carbocycles. The molecule has 0 N–H and O–H groups in total. The Balaban J connectivity index is 4.73. The molecule has 0 heterocycles. The SMILES string of the molecule is CCCOC(OCCC)(OCCC)C(C)CCCS. The summed E-state index contributed by atoms with van der Waals surface area (Å²) in [6.07, 6.45) is 4.94. The quantitative estimate of drug-likeness (QED) is 0.406. The fraction of sp³-hybridized carbons (Fsp3) is 1.00. The van der Waals surface area contributed by atoms with Crippen molar-refractivity contribution in [1.29, 1.82) is 0 Å². The largest absolute Gasteiger partial charge is 0.327 e. The van der Waals surface area contributed by atoms with Gasteiger partial charge in [0.2, 0.25) is 0 Å². The van der Waals surface area contributed by atoms with Gasteiger partial charge in [0, 0.05) is 5.92 Å². The zero-order valence-corrected chi connectivity index (χ0v) is 14.0. The van der Waals surface area contributed by atoms with Crippen LogP contribution in [0.2, 0.25) is 0 Å². The number of rotatable bonds is 13. The molecule has 0 rings (SSSR count). The third-order valence-corrected chi connectivity index (χ3v) is 3.24. The van der Waals surface area contributed by atoms with E-state index in [0.717, 1.165) is 37.9 Å². The van der Waals surface area contributed by atoms with Crippen LogP contribution in [0.5, 0.6) is 0 Å². The second-order valence-corrected chi connectivity index (χ2v) is 5.36. The van der Waals surface area contributed by atoms with Crippen LogP contribution in [-0.4, -0.2) is 31.5 Å². The van der Waals surface area contributed by atoms with Crippen molar-refractivity contribution in [3.8, 4) is 0 Å². The van der Waals surface area contributed by atoms with Crippen LogP contribution in [0, 0.1) is 5.92 Å². The molecule has 3 nitrogen and oxygen atoms in total. The van der Waals surface area contributed by atoms with Gasteiger partial charge in [0.1, 0.15) is 0 Å². The van der Waals surface area contributed by atoms with Gasteiger partial charge in [-0.1, -0.05) is 27.7 Å². The maximum absolute atomic E-state index is 5.97. The average Bonchev–Trinajstić information content (AvgIpc) is 2.44. The molecule has 0 saturated heterocycles. The van der Waals surface area contributed by atoms with Gasteiger partial charge in [-0.2, -0.15) is 12.6 Å². The summed E-state index contributed by atoms with van der Waals surface area (Å²) in [5.41, 5.74) is 0. The first-order valence-corrected chi connectivity index (χ1v) is 8.32. The number of hydrogen-bond acceptors (Lipinski definition) is 4. The molecule has 0 amide bonds. The molecule has 0 fully saturated rings. The lowest BCUT2D eigenvalue weighted by Crippen LogP contribution is -2.46. The summed E-state index contributed by atoms with van der Waals surface area (Å²) >= 11 is 4.28. The monoisotopic (exact) mass is 292 g/mol. The first kappa shape index (κ1) is 19.2. The molecule has 0 aromatic carbocycles. The number of hydrogen-bond donors (Lipinski definition) is 1. The van der Waals surface area contributed by atoms with E-state index < -0.39 is 5.97 Å². The minimum Gasteiger partial charge on any atom is -0.327 e. The van der Waals surface area contributed by atoms with E-state index in [0.29, 0.717) is 19.8 Å². The summed E-state index contributed by atoms with van der Waals surface area (Å²) in [6, 6.07) is 0. The zero-order valence-electron chi connectivity index (χ0n) is 13.1. The van der Waals surface area contributed by atoms with E-state index in [1.807, 2.05) is 0 Å². The Morgan fingerprint density at radius 3 is 1.63 bits per heavy atom. The lowest BCUT2D eigenvalue weighted by molar-refractivity contribution is -0.403. The molecule has 116 valence electrons. The van der Waals surface area contributed by atoms with E-state index in [1.54, 1.807) is 0 Å². The highest BCUT2D eigenvalue weighted by molar-refractivity contribution is 7.80. The van der Waals surface area contributed by atoms with Crippen molar-refractivity contribution in [2.24, 2.45) is 5.92 Å². The summed E-state index contributed by atoms with van der Waals surface area (Å²) in [6.45, 7) is 10.4. The molecule has 19 heavy (non-hydrogen) atoms. The molecule has 0 saturated carbocycles. The van der Waals surface area contributed by atoms with Gasteiger partial charge in [0.15, 0.2) is 0 Å². The minimum absolute atomic E-state index is 0.212. The first-order chi connectivity index (χ1) is 9.16. The van der Waals surface area contributed by atoms with E-state index in [9.17, 15) is 0 Å². The lowest BCUT2D eigenvalue weighted by atomic mass is 10.0. The van der Waals surface area contributed by atoms with Crippen molar-refractivity contribution in [3.05, 3.63) is 0 Å². The summed E-state index contributed by atoms with van der Waals surface area (Å²) in [5, 5.41) is 0. The van der Waals surface area contributed by atoms with E-state index >= 15 is 0 Å². The van der Waals surface area contributed by atoms with Crippen LogP contribution in [0.4, 0.5) is 0 Å². The summed E-state index contributed by atoms with van der Waals surface area (Å²) in [5.74, 6) is 0.227. The normalized spacial score (nSPS) is 13.7. The molecule has 0 radical (unpaired) electrons. The van der Waals surface area contributed by atoms with Crippen LogP contribution in [0.1, 0.15) is 59.8 Å². The van der Waals surface area contributed by atoms with Crippen molar-refractivity contribution in [2.75, 3.05) is 25.6 Å². The molecule has 0 aromatic rings. The van der Waals surface area contributed by atoms with Crippen molar-refractivity contribution in [3.63, 3.8) is 0 Å². The Labute approximate surface area is 124 Å². The summed E-state index contributed by atoms with van der Waals surface area (Å²) < 4.78 is 17.9. The Bertz CT molecular complexity index is 178. The van der Waals surface area contributed by atoms with E-state index in [1.165, 1.54) is 0 Å². The van der Waals surface area contributed by atoms with Crippen molar-refractivity contribution in [1.82, 2.24) is 0 Å². The standard InChI is InChI=1S/C15H32O3S/c1-5-10-16-15(17-11-6-2,18-12-7-3)14(4)9-8-13-19/h14,19H,5-13H2,1-4H3. The summed E-state index contributed by atoms with van der Waals surface area (Å²) in [7, 11) is 0. The third-order valence-electron chi connectivity index (χ3n) is 2.92. The molecule has 1 unspecified atom stereocenters. The highest BCUT2D eigenvalue weighted by atomic mass is 32.1. The molecule has 0 aliphatic heterocycles. The van der Waals surface area contributed by atoms with Crippen molar-refractivity contribution < 1.29 is 14.2 Å². The predicted octanol–water partition coefficient (Wildman–Crippen LogP) is 4.27.